The summed E-state index contributed by atoms with van der Waals surface area (Å²) < 4.78 is 10.7. The Hall–Kier alpha value is -2.74. The summed E-state index contributed by atoms with van der Waals surface area (Å²) >= 11 is 0. The average molecular weight is 375 g/mol. The van der Waals surface area contributed by atoms with Gasteiger partial charge in [0.2, 0.25) is 0 Å². The molecule has 3 aromatic carbocycles. The number of rotatable bonds is 8. The van der Waals surface area contributed by atoms with Crippen molar-refractivity contribution in [3.8, 4) is 11.5 Å². The second kappa shape index (κ2) is 9.45. The van der Waals surface area contributed by atoms with Crippen LogP contribution < -0.4 is 9.47 Å². The van der Waals surface area contributed by atoms with Crippen molar-refractivity contribution in [2.75, 3.05) is 14.2 Å². The van der Waals surface area contributed by atoms with E-state index in [4.69, 9.17) is 9.47 Å². The van der Waals surface area contributed by atoms with Crippen molar-refractivity contribution in [1.82, 2.24) is 0 Å². The highest BCUT2D eigenvalue weighted by Gasteiger charge is 2.18. The van der Waals surface area contributed by atoms with E-state index in [1.807, 2.05) is 0 Å². The number of benzene rings is 3. The average Bonchev–Trinajstić information content (AvgIpc) is 2.77. The van der Waals surface area contributed by atoms with Crippen molar-refractivity contribution >= 4 is 0 Å². The minimum atomic E-state index is 0.287. The lowest BCUT2D eigenvalue weighted by Gasteiger charge is -2.22. The van der Waals surface area contributed by atoms with Crippen LogP contribution in [0, 0.1) is 0 Å². The van der Waals surface area contributed by atoms with E-state index in [0.29, 0.717) is 0 Å². The van der Waals surface area contributed by atoms with Gasteiger partial charge in [-0.2, -0.15) is 0 Å². The van der Waals surface area contributed by atoms with Gasteiger partial charge in [-0.05, 0) is 71.3 Å². The minimum Gasteiger partial charge on any atom is -0.497 e. The van der Waals surface area contributed by atoms with Crippen LogP contribution >= 0.6 is 0 Å². The summed E-state index contributed by atoms with van der Waals surface area (Å²) in [5, 5.41) is 0. The maximum absolute atomic E-state index is 5.36. The van der Waals surface area contributed by atoms with E-state index in [9.17, 15) is 0 Å². The van der Waals surface area contributed by atoms with E-state index < -0.39 is 0 Å². The van der Waals surface area contributed by atoms with Gasteiger partial charge in [-0.3, -0.25) is 0 Å². The zero-order valence-corrected chi connectivity index (χ0v) is 17.4. The lowest BCUT2D eigenvalue weighted by Crippen LogP contribution is -2.09. The van der Waals surface area contributed by atoms with Crippen LogP contribution in [0.2, 0.25) is 0 Å². The van der Waals surface area contributed by atoms with E-state index in [1.54, 1.807) is 14.2 Å². The van der Waals surface area contributed by atoms with Gasteiger partial charge in [0.15, 0.2) is 0 Å². The number of ether oxygens (including phenoxy) is 2. The summed E-state index contributed by atoms with van der Waals surface area (Å²) in [5.74, 6) is 2.07. The Morgan fingerprint density at radius 1 is 0.643 bits per heavy atom. The topological polar surface area (TPSA) is 18.5 Å². The lowest BCUT2D eigenvalue weighted by molar-refractivity contribution is 0.414. The third kappa shape index (κ3) is 4.39. The fraction of sp³-hybridized carbons (Fsp3) is 0.308. The summed E-state index contributed by atoms with van der Waals surface area (Å²) in [6, 6.07) is 23.7. The van der Waals surface area contributed by atoms with Crippen LogP contribution in [0.5, 0.6) is 11.5 Å². The zero-order valence-electron chi connectivity index (χ0n) is 17.4. The Balaban J connectivity index is 2.05. The summed E-state index contributed by atoms with van der Waals surface area (Å²) in [6.45, 7) is 4.49. The van der Waals surface area contributed by atoms with Crippen LogP contribution in [0.1, 0.15) is 47.6 Å². The molecule has 0 aliphatic rings. The van der Waals surface area contributed by atoms with Gasteiger partial charge in [0.05, 0.1) is 14.2 Å². The smallest absolute Gasteiger partial charge is 0.118 e. The predicted octanol–water partition coefficient (Wildman–Crippen LogP) is 6.20. The van der Waals surface area contributed by atoms with Gasteiger partial charge in [0.1, 0.15) is 11.5 Å². The van der Waals surface area contributed by atoms with Gasteiger partial charge in [-0.25, -0.2) is 0 Å². The van der Waals surface area contributed by atoms with Crippen molar-refractivity contribution in [2.24, 2.45) is 0 Å². The van der Waals surface area contributed by atoms with Crippen molar-refractivity contribution in [3.05, 3.63) is 94.5 Å². The summed E-state index contributed by atoms with van der Waals surface area (Å²) in [5.41, 5.74) is 7.00. The van der Waals surface area contributed by atoms with Crippen LogP contribution in [0.3, 0.4) is 0 Å². The number of hydrogen-bond donors (Lipinski definition) is 0. The molecule has 0 saturated heterocycles. The van der Waals surface area contributed by atoms with Crippen LogP contribution in [-0.4, -0.2) is 14.2 Å². The molecule has 2 nitrogen and oxygen atoms in total. The Bertz CT molecular complexity index is 810. The molecule has 28 heavy (non-hydrogen) atoms. The highest BCUT2D eigenvalue weighted by Crippen LogP contribution is 2.33. The minimum absolute atomic E-state index is 0.287. The first-order chi connectivity index (χ1) is 13.7. The molecule has 0 N–H and O–H groups in total. The maximum Gasteiger partial charge on any atom is 0.118 e. The van der Waals surface area contributed by atoms with E-state index >= 15 is 0 Å². The molecule has 0 unspecified atom stereocenters. The van der Waals surface area contributed by atoms with Crippen molar-refractivity contribution in [2.45, 2.75) is 39.0 Å². The van der Waals surface area contributed by atoms with Crippen LogP contribution in [-0.2, 0) is 19.3 Å². The van der Waals surface area contributed by atoms with E-state index in [2.05, 4.69) is 80.6 Å². The Morgan fingerprint density at radius 2 is 1.07 bits per heavy atom. The maximum atomic E-state index is 5.36. The molecule has 146 valence electrons. The van der Waals surface area contributed by atoms with Crippen molar-refractivity contribution in [1.29, 1.82) is 0 Å². The van der Waals surface area contributed by atoms with Gasteiger partial charge >= 0.3 is 0 Å². The molecule has 2 heteroatoms. The highest BCUT2D eigenvalue weighted by atomic mass is 16.5. The fourth-order valence-electron chi connectivity index (χ4n) is 3.92. The first-order valence-electron chi connectivity index (χ1n) is 10.1. The summed E-state index contributed by atoms with van der Waals surface area (Å²) in [4.78, 5) is 0. The summed E-state index contributed by atoms with van der Waals surface area (Å²) in [6.07, 6.45) is 3.11. The third-order valence-electron chi connectivity index (χ3n) is 5.58. The number of methoxy groups -OCH3 is 2. The third-order valence-corrected chi connectivity index (χ3v) is 5.58. The molecular weight excluding hydrogens is 344 g/mol. The standard InChI is InChI=1S/C26H30O2/c1-5-19-8-7-9-20(6-2)25(19)18-26(21-10-14-23(27-3)15-11-21)22-12-16-24(28-4)17-13-22/h7-17,26H,5-6,18H2,1-4H3. The molecule has 0 aliphatic heterocycles. The molecule has 0 bridgehead atoms. The van der Waals surface area contributed by atoms with Gasteiger partial charge in [0.25, 0.3) is 0 Å². The largest absolute Gasteiger partial charge is 0.497 e. The molecule has 3 rings (SSSR count). The zero-order chi connectivity index (χ0) is 19.9. The van der Waals surface area contributed by atoms with Crippen LogP contribution in [0.15, 0.2) is 66.7 Å². The number of aryl methyl sites for hydroxylation is 2. The molecule has 3 aromatic rings. The predicted molar refractivity (Wildman–Crippen MR) is 117 cm³/mol. The molecule has 0 atom stereocenters. The van der Waals surface area contributed by atoms with E-state index in [0.717, 1.165) is 30.8 Å². The Kier molecular flexibility index (Phi) is 6.76. The first-order valence-corrected chi connectivity index (χ1v) is 10.1. The second-order valence-electron chi connectivity index (χ2n) is 7.06. The summed E-state index contributed by atoms with van der Waals surface area (Å²) in [7, 11) is 3.42. The van der Waals surface area contributed by atoms with Gasteiger partial charge in [0, 0.05) is 5.92 Å². The quantitative estimate of drug-likeness (QED) is 0.467. The molecule has 0 amide bonds. The molecule has 0 aliphatic carbocycles. The van der Waals surface area contributed by atoms with Gasteiger partial charge < -0.3 is 9.47 Å². The molecule has 0 heterocycles. The molecule has 0 saturated carbocycles. The first kappa shape index (κ1) is 20.0. The molecule has 0 radical (unpaired) electrons. The molecular formula is C26H30O2. The van der Waals surface area contributed by atoms with E-state index in [-0.39, 0.29) is 5.92 Å². The van der Waals surface area contributed by atoms with E-state index in [1.165, 1.54) is 27.8 Å². The SMILES string of the molecule is CCc1cccc(CC)c1CC(c1ccc(OC)cc1)c1ccc(OC)cc1. The van der Waals surface area contributed by atoms with Gasteiger partial charge in [-0.15, -0.1) is 0 Å². The molecule has 0 spiro atoms. The van der Waals surface area contributed by atoms with Crippen LogP contribution in [0.25, 0.3) is 0 Å². The lowest BCUT2D eigenvalue weighted by atomic mass is 9.82. The molecule has 0 aromatic heterocycles. The molecule has 0 fully saturated rings. The number of hydrogen-bond acceptors (Lipinski definition) is 2. The Labute approximate surface area is 169 Å². The normalized spacial score (nSPS) is 10.9. The van der Waals surface area contributed by atoms with Crippen LogP contribution in [0.4, 0.5) is 0 Å². The van der Waals surface area contributed by atoms with Gasteiger partial charge in [-0.1, -0.05) is 56.3 Å². The fourth-order valence-corrected chi connectivity index (χ4v) is 3.92. The second-order valence-corrected chi connectivity index (χ2v) is 7.06. The Morgan fingerprint density at radius 3 is 1.43 bits per heavy atom. The van der Waals surface area contributed by atoms with Crippen molar-refractivity contribution in [3.63, 3.8) is 0 Å². The monoisotopic (exact) mass is 374 g/mol. The van der Waals surface area contributed by atoms with Crippen molar-refractivity contribution < 1.29 is 9.47 Å². The highest BCUT2D eigenvalue weighted by molar-refractivity contribution is 5.43.